The molecule has 0 bridgehead atoms. The minimum Gasteiger partial charge on any atom is -0.293 e. The lowest BCUT2D eigenvalue weighted by Crippen LogP contribution is -2.55. The molecule has 0 aromatic heterocycles. The van der Waals surface area contributed by atoms with Crippen molar-refractivity contribution in [2.45, 2.75) is 30.2 Å². The molecule has 6 heteroatoms. The highest BCUT2D eigenvalue weighted by atomic mass is 35.5. The molecule has 1 fully saturated rings. The summed E-state index contributed by atoms with van der Waals surface area (Å²) in [6, 6.07) is 15.0. The van der Waals surface area contributed by atoms with Crippen molar-refractivity contribution >= 4 is 21.6 Å². The second-order valence-electron chi connectivity index (χ2n) is 7.77. The number of rotatable bonds is 2. The van der Waals surface area contributed by atoms with E-state index in [1.165, 1.54) is 11.1 Å². The molecule has 0 aliphatic carbocycles. The number of hydrogen-bond donors (Lipinski definition) is 0. The van der Waals surface area contributed by atoms with E-state index in [-0.39, 0.29) is 11.5 Å². The second kappa shape index (κ2) is 6.34. The van der Waals surface area contributed by atoms with Crippen LogP contribution in [0.2, 0.25) is 5.02 Å². The molecule has 26 heavy (non-hydrogen) atoms. The van der Waals surface area contributed by atoms with Crippen molar-refractivity contribution in [3.05, 3.63) is 64.7 Å². The van der Waals surface area contributed by atoms with E-state index in [2.05, 4.69) is 36.9 Å². The van der Waals surface area contributed by atoms with E-state index >= 15 is 0 Å². The topological polar surface area (TPSA) is 40.6 Å². The molecule has 1 atom stereocenters. The third kappa shape index (κ3) is 2.97. The number of fused-ring (bicyclic) bond motifs is 3. The lowest BCUT2D eigenvalue weighted by molar-refractivity contribution is 0.0807. The van der Waals surface area contributed by atoms with Gasteiger partial charge in [-0.25, -0.2) is 8.42 Å². The van der Waals surface area contributed by atoms with Gasteiger partial charge < -0.3 is 0 Å². The molecular weight excluding hydrogens is 368 g/mol. The molecule has 138 valence electrons. The van der Waals surface area contributed by atoms with Crippen LogP contribution in [-0.4, -0.2) is 43.8 Å². The Kier molecular flexibility index (Phi) is 4.39. The van der Waals surface area contributed by atoms with Crippen molar-refractivity contribution in [2.24, 2.45) is 0 Å². The van der Waals surface area contributed by atoms with Crippen LogP contribution in [-0.2, 0) is 15.4 Å². The molecule has 1 unspecified atom stereocenters. The van der Waals surface area contributed by atoms with Crippen LogP contribution in [0.1, 0.15) is 31.0 Å². The zero-order chi connectivity index (χ0) is 18.5. The first kappa shape index (κ1) is 18.0. The molecular formula is C20H23ClN2O2S. The minimum absolute atomic E-state index is 0.0737. The molecule has 0 N–H and O–H groups in total. The molecule has 0 spiro atoms. The van der Waals surface area contributed by atoms with Crippen LogP contribution < -0.4 is 0 Å². The normalized spacial score (nSPS) is 23.3. The summed E-state index contributed by atoms with van der Waals surface area (Å²) in [6.45, 7) is 7.22. The Morgan fingerprint density at radius 2 is 1.73 bits per heavy atom. The Labute approximate surface area is 160 Å². The molecule has 2 aromatic carbocycles. The van der Waals surface area contributed by atoms with Crippen LogP contribution >= 0.6 is 11.6 Å². The van der Waals surface area contributed by atoms with Crippen LogP contribution in [0.5, 0.6) is 0 Å². The highest BCUT2D eigenvalue weighted by Gasteiger charge is 2.42. The third-order valence-electron chi connectivity index (χ3n) is 5.55. The molecule has 0 saturated carbocycles. The second-order valence-corrected chi connectivity index (χ2v) is 10.1. The minimum atomic E-state index is -3.51. The Morgan fingerprint density at radius 1 is 1.04 bits per heavy atom. The first-order valence-corrected chi connectivity index (χ1v) is 10.7. The Hall–Kier alpha value is -1.40. The van der Waals surface area contributed by atoms with Gasteiger partial charge in [0.1, 0.15) is 0 Å². The van der Waals surface area contributed by atoms with Gasteiger partial charge in [-0.15, -0.1) is 0 Å². The first-order chi connectivity index (χ1) is 12.3. The van der Waals surface area contributed by atoms with Crippen LogP contribution in [0.25, 0.3) is 0 Å². The van der Waals surface area contributed by atoms with Gasteiger partial charge in [0.15, 0.2) is 0 Å². The molecule has 0 radical (unpaired) electrons. The molecule has 2 heterocycles. The average Bonchev–Trinajstić information content (AvgIpc) is 2.61. The quantitative estimate of drug-likeness (QED) is 0.785. The fraction of sp³-hybridized carbons (Fsp3) is 0.400. The monoisotopic (exact) mass is 390 g/mol. The highest BCUT2D eigenvalue weighted by Crippen LogP contribution is 2.41. The van der Waals surface area contributed by atoms with Gasteiger partial charge >= 0.3 is 0 Å². The summed E-state index contributed by atoms with van der Waals surface area (Å²) >= 11 is 5.91. The van der Waals surface area contributed by atoms with Crippen LogP contribution in [0.3, 0.4) is 0 Å². The summed E-state index contributed by atoms with van der Waals surface area (Å²) < 4.78 is 27.8. The Bertz CT molecular complexity index is 925. The lowest BCUT2D eigenvalue weighted by atomic mass is 9.75. The largest absolute Gasteiger partial charge is 0.293 e. The van der Waals surface area contributed by atoms with E-state index in [1.807, 2.05) is 6.07 Å². The van der Waals surface area contributed by atoms with Gasteiger partial charge in [-0.2, -0.15) is 4.31 Å². The van der Waals surface area contributed by atoms with Gasteiger partial charge in [-0.1, -0.05) is 49.7 Å². The van der Waals surface area contributed by atoms with Gasteiger partial charge in [0, 0.05) is 42.7 Å². The van der Waals surface area contributed by atoms with E-state index < -0.39 is 10.0 Å². The molecule has 4 rings (SSSR count). The fourth-order valence-corrected chi connectivity index (χ4v) is 5.81. The summed E-state index contributed by atoms with van der Waals surface area (Å²) in [5, 5.41) is 0.539. The number of halogens is 1. The van der Waals surface area contributed by atoms with E-state index in [0.717, 1.165) is 13.1 Å². The maximum absolute atomic E-state index is 13.1. The zero-order valence-corrected chi connectivity index (χ0v) is 16.6. The molecule has 2 aliphatic rings. The van der Waals surface area contributed by atoms with Gasteiger partial charge in [0.25, 0.3) is 0 Å². The molecule has 1 saturated heterocycles. The summed E-state index contributed by atoms with van der Waals surface area (Å²) in [5.74, 6) is 0. The van der Waals surface area contributed by atoms with Gasteiger partial charge in [-0.3, -0.25) is 4.90 Å². The van der Waals surface area contributed by atoms with Crippen molar-refractivity contribution in [1.29, 1.82) is 0 Å². The van der Waals surface area contributed by atoms with Gasteiger partial charge in [0.2, 0.25) is 10.0 Å². The average molecular weight is 391 g/mol. The summed E-state index contributed by atoms with van der Waals surface area (Å²) in [7, 11) is -3.51. The van der Waals surface area contributed by atoms with E-state index in [9.17, 15) is 8.42 Å². The molecule has 4 nitrogen and oxygen atoms in total. The van der Waals surface area contributed by atoms with E-state index in [0.29, 0.717) is 23.0 Å². The number of hydrogen-bond acceptors (Lipinski definition) is 3. The van der Waals surface area contributed by atoms with Crippen LogP contribution in [0, 0.1) is 0 Å². The number of nitrogens with zero attached hydrogens (tertiary/aromatic N) is 2. The molecule has 2 aliphatic heterocycles. The maximum Gasteiger partial charge on any atom is 0.243 e. The Balaban J connectivity index is 1.68. The van der Waals surface area contributed by atoms with Crippen molar-refractivity contribution < 1.29 is 8.42 Å². The van der Waals surface area contributed by atoms with Crippen molar-refractivity contribution in [2.75, 3.05) is 26.2 Å². The van der Waals surface area contributed by atoms with Gasteiger partial charge in [-0.05, 0) is 35.4 Å². The predicted octanol–water partition coefficient (Wildman–Crippen LogP) is 3.68. The van der Waals surface area contributed by atoms with E-state index in [1.54, 1.807) is 28.6 Å². The van der Waals surface area contributed by atoms with Crippen LogP contribution in [0.4, 0.5) is 0 Å². The molecule has 2 aromatic rings. The lowest BCUT2D eigenvalue weighted by Gasteiger charge is -2.49. The van der Waals surface area contributed by atoms with E-state index in [4.69, 9.17) is 11.6 Å². The molecule has 0 amide bonds. The number of piperazine rings is 1. The number of sulfonamides is 1. The summed E-state index contributed by atoms with van der Waals surface area (Å²) in [4.78, 5) is 2.73. The van der Waals surface area contributed by atoms with Crippen molar-refractivity contribution in [3.8, 4) is 0 Å². The first-order valence-electron chi connectivity index (χ1n) is 8.88. The third-order valence-corrected chi connectivity index (χ3v) is 7.68. The number of benzene rings is 2. The smallest absolute Gasteiger partial charge is 0.243 e. The maximum atomic E-state index is 13.1. The summed E-state index contributed by atoms with van der Waals surface area (Å²) in [5.41, 5.74) is 2.65. The van der Waals surface area contributed by atoms with Crippen LogP contribution in [0.15, 0.2) is 53.4 Å². The zero-order valence-electron chi connectivity index (χ0n) is 15.0. The SMILES string of the molecule is CC1(C)CN2CCN(S(=O)(=O)c3ccc(Cl)cc3)CC2c2ccccc21. The van der Waals surface area contributed by atoms with Crippen molar-refractivity contribution in [1.82, 2.24) is 9.21 Å². The summed E-state index contributed by atoms with van der Waals surface area (Å²) in [6.07, 6.45) is 0. The predicted molar refractivity (Wildman–Crippen MR) is 104 cm³/mol. The van der Waals surface area contributed by atoms with Crippen molar-refractivity contribution in [3.63, 3.8) is 0 Å². The highest BCUT2D eigenvalue weighted by molar-refractivity contribution is 7.89. The Morgan fingerprint density at radius 3 is 2.46 bits per heavy atom. The van der Waals surface area contributed by atoms with Gasteiger partial charge in [0.05, 0.1) is 4.90 Å². The standard InChI is InChI=1S/C20H23ClN2O2S/c1-20(2)14-22-11-12-23(13-19(22)17-5-3-4-6-18(17)20)26(24,25)16-9-7-15(21)8-10-16/h3-10,19H,11-14H2,1-2H3. The fourth-order valence-electron chi connectivity index (χ4n) is 4.25.